The van der Waals surface area contributed by atoms with Gasteiger partial charge in [-0.05, 0) is 29.2 Å². The van der Waals surface area contributed by atoms with Crippen LogP contribution in [-0.2, 0) is 16.6 Å². The standard InChI is InChI=1S/C18H19N3O3/c1-18(2,3)12-8-11(10-16(22)23)9-15(17(12)24)21-19-13-6-4-5-7-14(13)20-21/h4-9,24H,10H2,1-3H3,(H,22,23). The molecular formula is C18H19N3O3. The van der Waals surface area contributed by atoms with Gasteiger partial charge in [-0.25, -0.2) is 0 Å². The van der Waals surface area contributed by atoms with Crippen LogP contribution < -0.4 is 0 Å². The zero-order valence-corrected chi connectivity index (χ0v) is 13.8. The first-order valence-electron chi connectivity index (χ1n) is 7.66. The Morgan fingerprint density at radius 2 is 1.71 bits per heavy atom. The van der Waals surface area contributed by atoms with Crippen molar-refractivity contribution in [2.24, 2.45) is 0 Å². The van der Waals surface area contributed by atoms with Crippen molar-refractivity contribution in [1.29, 1.82) is 0 Å². The number of rotatable bonds is 3. The van der Waals surface area contributed by atoms with E-state index in [-0.39, 0.29) is 17.6 Å². The number of hydrogen-bond donors (Lipinski definition) is 2. The largest absolute Gasteiger partial charge is 0.505 e. The van der Waals surface area contributed by atoms with Crippen molar-refractivity contribution < 1.29 is 15.0 Å². The van der Waals surface area contributed by atoms with Gasteiger partial charge >= 0.3 is 5.97 Å². The number of phenolic OH excluding ortho intramolecular Hbond substituents is 1. The van der Waals surface area contributed by atoms with Crippen molar-refractivity contribution >= 4 is 17.0 Å². The molecule has 2 aromatic carbocycles. The molecule has 1 aromatic heterocycles. The number of nitrogens with zero attached hydrogens (tertiary/aromatic N) is 3. The molecule has 6 nitrogen and oxygen atoms in total. The molecule has 0 amide bonds. The lowest BCUT2D eigenvalue weighted by molar-refractivity contribution is -0.136. The van der Waals surface area contributed by atoms with Crippen molar-refractivity contribution in [3.05, 3.63) is 47.5 Å². The Kier molecular flexibility index (Phi) is 3.75. The summed E-state index contributed by atoms with van der Waals surface area (Å²) in [6, 6.07) is 10.8. The van der Waals surface area contributed by atoms with Gasteiger partial charge in [-0.1, -0.05) is 39.0 Å². The molecule has 0 radical (unpaired) electrons. The van der Waals surface area contributed by atoms with Gasteiger partial charge in [0.2, 0.25) is 0 Å². The van der Waals surface area contributed by atoms with Crippen LogP contribution in [-0.4, -0.2) is 31.2 Å². The molecule has 0 saturated carbocycles. The Balaban J connectivity index is 2.23. The van der Waals surface area contributed by atoms with Gasteiger partial charge < -0.3 is 10.2 Å². The SMILES string of the molecule is CC(C)(C)c1cc(CC(=O)O)cc(-n2nc3ccccc3n2)c1O. The number of hydrogen-bond acceptors (Lipinski definition) is 4. The number of carboxylic acid groups (broad SMARTS) is 1. The number of aromatic nitrogens is 3. The van der Waals surface area contributed by atoms with Crippen molar-refractivity contribution in [2.45, 2.75) is 32.6 Å². The molecule has 24 heavy (non-hydrogen) atoms. The first-order chi connectivity index (χ1) is 11.3. The van der Waals surface area contributed by atoms with Crippen LogP contribution in [0.15, 0.2) is 36.4 Å². The lowest BCUT2D eigenvalue weighted by atomic mass is 9.84. The summed E-state index contributed by atoms with van der Waals surface area (Å²) in [4.78, 5) is 12.5. The molecule has 0 spiro atoms. The van der Waals surface area contributed by atoms with Crippen LogP contribution in [0.4, 0.5) is 0 Å². The maximum atomic E-state index is 11.1. The van der Waals surface area contributed by atoms with Crippen LogP contribution in [0.2, 0.25) is 0 Å². The molecule has 3 aromatic rings. The second-order valence-electron chi connectivity index (χ2n) is 6.81. The molecule has 0 aliphatic heterocycles. The Bertz CT molecular complexity index is 890. The normalized spacial score (nSPS) is 11.8. The van der Waals surface area contributed by atoms with Crippen molar-refractivity contribution in [3.8, 4) is 11.4 Å². The van der Waals surface area contributed by atoms with E-state index in [9.17, 15) is 9.90 Å². The fourth-order valence-corrected chi connectivity index (χ4v) is 2.65. The van der Waals surface area contributed by atoms with E-state index in [1.54, 1.807) is 12.1 Å². The Hall–Kier alpha value is -2.89. The van der Waals surface area contributed by atoms with Crippen molar-refractivity contribution in [2.75, 3.05) is 0 Å². The van der Waals surface area contributed by atoms with Crippen LogP contribution in [0.5, 0.6) is 5.75 Å². The predicted molar refractivity (Wildman–Crippen MR) is 90.6 cm³/mol. The maximum absolute atomic E-state index is 11.1. The summed E-state index contributed by atoms with van der Waals surface area (Å²) in [6.07, 6.45) is -0.128. The number of aromatic hydroxyl groups is 1. The molecule has 1 heterocycles. The van der Waals surface area contributed by atoms with Crippen molar-refractivity contribution in [1.82, 2.24) is 15.0 Å². The zero-order valence-electron chi connectivity index (χ0n) is 13.8. The van der Waals surface area contributed by atoms with Gasteiger partial charge in [0.1, 0.15) is 22.5 Å². The minimum Gasteiger partial charge on any atom is -0.505 e. The average Bonchev–Trinajstić information content (AvgIpc) is 2.90. The number of phenols is 1. The van der Waals surface area contributed by atoms with E-state index >= 15 is 0 Å². The van der Waals surface area contributed by atoms with Crippen LogP contribution >= 0.6 is 0 Å². The van der Waals surface area contributed by atoms with Crippen LogP contribution in [0.1, 0.15) is 31.9 Å². The number of fused-ring (bicyclic) bond motifs is 1. The average molecular weight is 325 g/mol. The smallest absolute Gasteiger partial charge is 0.307 e. The molecular weight excluding hydrogens is 306 g/mol. The van der Waals surface area contributed by atoms with Gasteiger partial charge in [0.05, 0.1) is 6.42 Å². The predicted octanol–water partition coefficient (Wildman–Crippen LogP) is 3.05. The summed E-state index contributed by atoms with van der Waals surface area (Å²) < 4.78 is 0. The molecule has 3 rings (SSSR count). The fraction of sp³-hybridized carbons (Fsp3) is 0.278. The third-order valence-corrected chi connectivity index (χ3v) is 3.82. The molecule has 6 heteroatoms. The fourth-order valence-electron chi connectivity index (χ4n) is 2.65. The molecule has 2 N–H and O–H groups in total. The summed E-state index contributed by atoms with van der Waals surface area (Å²) in [6.45, 7) is 5.89. The maximum Gasteiger partial charge on any atom is 0.307 e. The summed E-state index contributed by atoms with van der Waals surface area (Å²) in [7, 11) is 0. The molecule has 0 aliphatic carbocycles. The number of aliphatic carboxylic acids is 1. The van der Waals surface area contributed by atoms with E-state index < -0.39 is 5.97 Å². The highest BCUT2D eigenvalue weighted by atomic mass is 16.4. The van der Waals surface area contributed by atoms with Gasteiger partial charge in [-0.2, -0.15) is 0 Å². The van der Waals surface area contributed by atoms with E-state index in [0.29, 0.717) is 27.8 Å². The number of benzene rings is 2. The van der Waals surface area contributed by atoms with Crippen LogP contribution in [0.25, 0.3) is 16.7 Å². The Morgan fingerprint density at radius 3 is 2.21 bits per heavy atom. The van der Waals surface area contributed by atoms with Crippen molar-refractivity contribution in [3.63, 3.8) is 0 Å². The zero-order chi connectivity index (χ0) is 17.5. The van der Waals surface area contributed by atoms with Gasteiger partial charge in [-0.3, -0.25) is 4.79 Å². The lowest BCUT2D eigenvalue weighted by Gasteiger charge is -2.22. The number of carbonyl (C=O) groups is 1. The highest BCUT2D eigenvalue weighted by molar-refractivity contribution is 5.74. The highest BCUT2D eigenvalue weighted by Crippen LogP contribution is 2.36. The van der Waals surface area contributed by atoms with E-state index in [2.05, 4.69) is 10.2 Å². The molecule has 0 aliphatic rings. The van der Waals surface area contributed by atoms with Gasteiger partial charge in [-0.15, -0.1) is 15.0 Å². The summed E-state index contributed by atoms with van der Waals surface area (Å²) in [5, 5.41) is 28.6. The van der Waals surface area contributed by atoms with Gasteiger partial charge in [0, 0.05) is 5.56 Å². The number of carboxylic acids is 1. The lowest BCUT2D eigenvalue weighted by Crippen LogP contribution is -2.15. The van der Waals surface area contributed by atoms with Gasteiger partial charge in [0.25, 0.3) is 0 Å². The van der Waals surface area contributed by atoms with E-state index in [1.165, 1.54) is 4.80 Å². The first kappa shape index (κ1) is 16.0. The topological polar surface area (TPSA) is 88.2 Å². The molecule has 0 fully saturated rings. The summed E-state index contributed by atoms with van der Waals surface area (Å²) in [5.41, 5.74) is 2.71. The van der Waals surface area contributed by atoms with E-state index in [0.717, 1.165) is 0 Å². The molecule has 0 bridgehead atoms. The Labute approximate surface area is 139 Å². The first-order valence-corrected chi connectivity index (χ1v) is 7.66. The Morgan fingerprint density at radius 1 is 1.12 bits per heavy atom. The highest BCUT2D eigenvalue weighted by Gasteiger charge is 2.23. The second-order valence-corrected chi connectivity index (χ2v) is 6.81. The minimum absolute atomic E-state index is 0.0666. The van der Waals surface area contributed by atoms with Crippen LogP contribution in [0.3, 0.4) is 0 Å². The quantitative estimate of drug-likeness (QED) is 0.772. The third kappa shape index (κ3) is 2.95. The minimum atomic E-state index is -0.926. The summed E-state index contributed by atoms with van der Waals surface area (Å²) in [5.74, 6) is -0.859. The molecule has 0 saturated heterocycles. The molecule has 0 atom stereocenters. The van der Waals surface area contributed by atoms with E-state index in [1.807, 2.05) is 45.0 Å². The molecule has 0 unspecified atom stereocenters. The van der Waals surface area contributed by atoms with Crippen LogP contribution in [0, 0.1) is 0 Å². The molecule has 124 valence electrons. The monoisotopic (exact) mass is 325 g/mol. The van der Waals surface area contributed by atoms with E-state index in [4.69, 9.17) is 5.11 Å². The van der Waals surface area contributed by atoms with Gasteiger partial charge in [0.15, 0.2) is 0 Å². The second kappa shape index (κ2) is 5.63. The third-order valence-electron chi connectivity index (χ3n) is 3.82. The summed E-state index contributed by atoms with van der Waals surface area (Å²) >= 11 is 0.